The van der Waals surface area contributed by atoms with Crippen molar-refractivity contribution in [2.24, 2.45) is 0 Å². The zero-order chi connectivity index (χ0) is 18.1. The Morgan fingerprint density at radius 3 is 2.72 bits per heavy atom. The second-order valence-electron chi connectivity index (χ2n) is 5.08. The van der Waals surface area contributed by atoms with Crippen LogP contribution in [-0.2, 0) is 6.61 Å². The number of benzene rings is 2. The van der Waals surface area contributed by atoms with Crippen LogP contribution in [0.3, 0.4) is 0 Å². The zero-order valence-electron chi connectivity index (χ0n) is 14.1. The van der Waals surface area contributed by atoms with E-state index in [4.69, 9.17) is 21.7 Å². The summed E-state index contributed by atoms with van der Waals surface area (Å²) in [4.78, 5) is 0. The number of hydrazine groups is 1. The fourth-order valence-corrected chi connectivity index (χ4v) is 2.86. The summed E-state index contributed by atoms with van der Waals surface area (Å²) in [6.45, 7) is 3.21. The number of hydrazone groups is 1. The van der Waals surface area contributed by atoms with Gasteiger partial charge < -0.3 is 14.8 Å². The van der Waals surface area contributed by atoms with Crippen molar-refractivity contribution in [2.45, 2.75) is 13.5 Å². The molecule has 0 heterocycles. The predicted octanol–water partition coefficient (Wildman–Crippen LogP) is 1.94. The van der Waals surface area contributed by atoms with Gasteiger partial charge in [0.2, 0.25) is 5.11 Å². The Bertz CT molecular complexity index is 739. The van der Waals surface area contributed by atoms with Crippen LogP contribution in [0.5, 0.6) is 11.5 Å². The maximum atomic E-state index is 5.92. The van der Waals surface area contributed by atoms with Gasteiger partial charge in [0.15, 0.2) is 17.7 Å². The van der Waals surface area contributed by atoms with Gasteiger partial charge in [0.1, 0.15) is 6.61 Å². The summed E-state index contributed by atoms with van der Waals surface area (Å²) in [5.41, 5.74) is 4.88. The fraction of sp³-hybridized carbons (Fsp3) is 0.222. The van der Waals surface area contributed by atoms with Crippen LogP contribution in [0.1, 0.15) is 18.1 Å². The van der Waals surface area contributed by atoms with Gasteiger partial charge in [-0.1, -0.05) is 30.3 Å². The van der Waals surface area contributed by atoms with Gasteiger partial charge in [-0.15, -0.1) is 10.5 Å². The molecule has 0 saturated heterocycles. The Morgan fingerprint density at radius 2 is 2.04 bits per heavy atom. The molecule has 0 aromatic heterocycles. The number of halogens is 1. The first-order valence-electron chi connectivity index (χ1n) is 7.81. The molecule has 0 unspecified atom stereocenters. The maximum Gasteiger partial charge on any atom is 0.223 e. The predicted molar refractivity (Wildman–Crippen MR) is 107 cm³/mol. The molecule has 132 valence electrons. The normalized spacial score (nSPS) is 10.5. The van der Waals surface area contributed by atoms with Crippen LogP contribution in [0.4, 0.5) is 0 Å². The molecule has 25 heavy (non-hydrogen) atoms. The van der Waals surface area contributed by atoms with Crippen molar-refractivity contribution >= 4 is 39.5 Å². The zero-order valence-corrected chi connectivity index (χ0v) is 16.5. The highest BCUT2D eigenvalue weighted by Crippen LogP contribution is 2.36. The SMILES string of the molecule is CCNC(=S)N[NH+]=Cc1cc(Br)c(OCc2ccccc2)c(OC)c1. The minimum atomic E-state index is 0.468. The van der Waals surface area contributed by atoms with E-state index in [1.807, 2.05) is 49.4 Å². The summed E-state index contributed by atoms with van der Waals surface area (Å²) in [6, 6.07) is 13.8. The molecule has 0 atom stereocenters. The van der Waals surface area contributed by atoms with Gasteiger partial charge in [-0.2, -0.15) is 0 Å². The molecule has 2 aromatic carbocycles. The van der Waals surface area contributed by atoms with E-state index >= 15 is 0 Å². The minimum absolute atomic E-state index is 0.468. The Kier molecular flexibility index (Phi) is 7.69. The van der Waals surface area contributed by atoms with Gasteiger partial charge in [-0.3, -0.25) is 0 Å². The van der Waals surface area contributed by atoms with Crippen molar-refractivity contribution in [3.05, 3.63) is 58.1 Å². The molecule has 7 heteroatoms. The molecule has 0 spiro atoms. The minimum Gasteiger partial charge on any atom is -0.493 e. The summed E-state index contributed by atoms with van der Waals surface area (Å²) in [7, 11) is 1.62. The molecule has 0 aliphatic rings. The van der Waals surface area contributed by atoms with Gasteiger partial charge in [0, 0.05) is 12.1 Å². The smallest absolute Gasteiger partial charge is 0.223 e. The molecule has 2 aromatic rings. The van der Waals surface area contributed by atoms with Crippen LogP contribution in [0, 0.1) is 0 Å². The molecule has 0 saturated carbocycles. The van der Waals surface area contributed by atoms with Crippen molar-refractivity contribution in [1.82, 2.24) is 10.7 Å². The molecule has 2 rings (SSSR count). The lowest BCUT2D eigenvalue weighted by molar-refractivity contribution is -0.500. The number of thiocarbonyl (C=S) groups is 1. The fourth-order valence-electron chi connectivity index (χ4n) is 2.08. The number of hydrogen-bond acceptors (Lipinski definition) is 3. The summed E-state index contributed by atoms with van der Waals surface area (Å²) >= 11 is 8.63. The van der Waals surface area contributed by atoms with Gasteiger partial charge in [0.05, 0.1) is 11.6 Å². The summed E-state index contributed by atoms with van der Waals surface area (Å²) in [6.07, 6.45) is 1.79. The van der Waals surface area contributed by atoms with Crippen LogP contribution in [0.2, 0.25) is 0 Å². The molecular weight excluding hydrogens is 402 g/mol. The first-order chi connectivity index (χ1) is 12.1. The lowest BCUT2D eigenvalue weighted by Gasteiger charge is -2.13. The topological polar surface area (TPSA) is 56.5 Å². The average Bonchev–Trinajstić information content (AvgIpc) is 2.61. The Labute approximate surface area is 161 Å². The standard InChI is InChI=1S/C18H20BrN3O2S/c1-3-20-18(25)22-21-11-14-9-15(19)17(16(10-14)23-2)24-12-13-7-5-4-6-8-13/h4-11H,3,12H2,1-2H3,(H2,20,22,25)/p+1. The highest BCUT2D eigenvalue weighted by atomic mass is 79.9. The van der Waals surface area contributed by atoms with Crippen molar-refractivity contribution in [1.29, 1.82) is 0 Å². The first-order valence-corrected chi connectivity index (χ1v) is 9.01. The van der Waals surface area contributed by atoms with E-state index in [-0.39, 0.29) is 0 Å². The second-order valence-corrected chi connectivity index (χ2v) is 6.34. The first kappa shape index (κ1) is 19.2. The van der Waals surface area contributed by atoms with E-state index in [1.54, 1.807) is 13.3 Å². The van der Waals surface area contributed by atoms with E-state index in [9.17, 15) is 0 Å². The molecule has 0 fully saturated rings. The summed E-state index contributed by atoms with van der Waals surface area (Å²) < 4.78 is 12.2. The van der Waals surface area contributed by atoms with E-state index in [2.05, 4.69) is 31.8 Å². The molecule has 0 aliphatic heterocycles. The van der Waals surface area contributed by atoms with Crippen molar-refractivity contribution in [3.8, 4) is 11.5 Å². The van der Waals surface area contributed by atoms with Gasteiger partial charge in [-0.05, 0) is 52.8 Å². The summed E-state index contributed by atoms with van der Waals surface area (Å²) in [5.74, 6) is 1.31. The van der Waals surface area contributed by atoms with Gasteiger partial charge in [-0.25, -0.2) is 0 Å². The van der Waals surface area contributed by atoms with Gasteiger partial charge >= 0.3 is 0 Å². The second kappa shape index (κ2) is 10.0. The maximum absolute atomic E-state index is 5.92. The van der Waals surface area contributed by atoms with Crippen molar-refractivity contribution in [2.75, 3.05) is 13.7 Å². The Balaban J connectivity index is 2.09. The van der Waals surface area contributed by atoms with Crippen molar-refractivity contribution in [3.63, 3.8) is 0 Å². The number of nitrogens with one attached hydrogen (secondary N) is 3. The van der Waals surface area contributed by atoms with Crippen LogP contribution in [0.25, 0.3) is 0 Å². The van der Waals surface area contributed by atoms with Gasteiger partial charge in [0.25, 0.3) is 0 Å². The van der Waals surface area contributed by atoms with Crippen molar-refractivity contribution < 1.29 is 14.6 Å². The molecule has 0 bridgehead atoms. The Morgan fingerprint density at radius 1 is 1.28 bits per heavy atom. The third-order valence-electron chi connectivity index (χ3n) is 3.24. The summed E-state index contributed by atoms with van der Waals surface area (Å²) in [5, 5.41) is 6.47. The van der Waals surface area contributed by atoms with Crippen LogP contribution < -0.4 is 25.3 Å². The third kappa shape index (κ3) is 6.03. The highest BCUT2D eigenvalue weighted by Gasteiger charge is 2.12. The van der Waals surface area contributed by atoms with Crippen LogP contribution in [-0.4, -0.2) is 25.0 Å². The largest absolute Gasteiger partial charge is 0.493 e. The Hall–Kier alpha value is -2.12. The lowest BCUT2D eigenvalue weighted by Crippen LogP contribution is -2.82. The average molecular weight is 423 g/mol. The van der Waals surface area contributed by atoms with E-state index in [1.165, 1.54) is 0 Å². The van der Waals surface area contributed by atoms with Crippen LogP contribution in [0.15, 0.2) is 46.9 Å². The number of rotatable bonds is 7. The quantitative estimate of drug-likeness (QED) is 0.361. The molecule has 5 nitrogen and oxygen atoms in total. The number of methoxy groups -OCH3 is 1. The highest BCUT2D eigenvalue weighted by molar-refractivity contribution is 9.10. The lowest BCUT2D eigenvalue weighted by atomic mass is 10.2. The number of ether oxygens (including phenoxy) is 2. The third-order valence-corrected chi connectivity index (χ3v) is 4.08. The molecule has 0 radical (unpaired) electrons. The van der Waals surface area contributed by atoms with E-state index in [0.29, 0.717) is 23.2 Å². The monoisotopic (exact) mass is 422 g/mol. The van der Waals surface area contributed by atoms with E-state index < -0.39 is 0 Å². The molecule has 0 aliphatic carbocycles. The van der Waals surface area contributed by atoms with Crippen LogP contribution >= 0.6 is 28.1 Å². The van der Waals surface area contributed by atoms with E-state index in [0.717, 1.165) is 22.1 Å². The molecular formula is C18H21BrN3O2S+. The number of hydrogen-bond donors (Lipinski definition) is 3. The molecule has 3 N–H and O–H groups in total. The molecule has 0 amide bonds.